The summed E-state index contributed by atoms with van der Waals surface area (Å²) in [6.45, 7) is 4.78. The van der Waals surface area contributed by atoms with Crippen LogP contribution in [0.4, 0.5) is 9.18 Å². The molecule has 0 spiro atoms. The minimum absolute atomic E-state index is 0.0563. The highest BCUT2D eigenvalue weighted by molar-refractivity contribution is 5.77. The molecule has 0 saturated carbocycles. The molecule has 1 aliphatic rings. The van der Waals surface area contributed by atoms with Gasteiger partial charge in [0.2, 0.25) is 0 Å². The molecule has 2 heterocycles. The van der Waals surface area contributed by atoms with E-state index in [9.17, 15) is 9.18 Å². The zero-order valence-corrected chi connectivity index (χ0v) is 16.5. The monoisotopic (exact) mass is 395 g/mol. The predicted molar refractivity (Wildman–Crippen MR) is 111 cm³/mol. The minimum atomic E-state index is -0.247. The maximum atomic E-state index is 13.3. The number of rotatable bonds is 5. The molecular weight excluding hydrogens is 369 g/mol. The summed E-state index contributed by atoms with van der Waals surface area (Å²) in [5.41, 5.74) is 3.05. The van der Waals surface area contributed by atoms with E-state index in [4.69, 9.17) is 0 Å². The Bertz CT molecular complexity index is 985. The van der Waals surface area contributed by atoms with Crippen LogP contribution in [-0.4, -0.2) is 34.7 Å². The first-order valence-electron chi connectivity index (χ1n) is 10.1. The van der Waals surface area contributed by atoms with E-state index < -0.39 is 0 Å². The molecule has 0 unspecified atom stereocenters. The van der Waals surface area contributed by atoms with Crippen molar-refractivity contribution in [3.63, 3.8) is 0 Å². The van der Waals surface area contributed by atoms with E-state index in [1.54, 1.807) is 0 Å². The molecule has 0 aliphatic carbocycles. The first-order valence-corrected chi connectivity index (χ1v) is 10.1. The fourth-order valence-electron chi connectivity index (χ4n) is 4.11. The number of para-hydroxylation sites is 2. The molecule has 2 atom stereocenters. The van der Waals surface area contributed by atoms with E-state index in [-0.39, 0.29) is 23.8 Å². The van der Waals surface area contributed by atoms with Gasteiger partial charge in [0.1, 0.15) is 11.6 Å². The summed E-state index contributed by atoms with van der Waals surface area (Å²) >= 11 is 0. The first kappa shape index (κ1) is 19.4. The number of nitrogens with zero attached hydrogens (tertiary/aromatic N) is 2. The van der Waals surface area contributed by atoms with Crippen molar-refractivity contribution in [1.82, 2.24) is 25.5 Å². The molecule has 1 fully saturated rings. The number of benzene rings is 2. The fourth-order valence-corrected chi connectivity index (χ4v) is 4.11. The first-order chi connectivity index (χ1) is 14.2. The lowest BCUT2D eigenvalue weighted by atomic mass is 9.86. The van der Waals surface area contributed by atoms with E-state index >= 15 is 0 Å². The van der Waals surface area contributed by atoms with Gasteiger partial charge in [-0.3, -0.25) is 0 Å². The number of carbonyl (C=O) groups excluding carboxylic acids is 1. The highest BCUT2D eigenvalue weighted by atomic mass is 19.1. The smallest absolute Gasteiger partial charge is 0.315 e. The zero-order chi connectivity index (χ0) is 20.2. The molecule has 0 radical (unpaired) electrons. The van der Waals surface area contributed by atoms with Crippen molar-refractivity contribution in [3.05, 3.63) is 65.7 Å². The van der Waals surface area contributed by atoms with E-state index in [1.807, 2.05) is 36.4 Å². The van der Waals surface area contributed by atoms with Gasteiger partial charge in [0.15, 0.2) is 0 Å². The van der Waals surface area contributed by atoms with Crippen molar-refractivity contribution in [2.75, 3.05) is 13.1 Å². The van der Waals surface area contributed by atoms with Crippen molar-refractivity contribution in [3.8, 4) is 0 Å². The normalized spacial score (nSPS) is 19.2. The third-order valence-electron chi connectivity index (χ3n) is 5.55. The molecule has 1 aromatic heterocycles. The summed E-state index contributed by atoms with van der Waals surface area (Å²) in [5, 5.41) is 9.35. The average molecular weight is 395 g/mol. The van der Waals surface area contributed by atoms with Crippen molar-refractivity contribution >= 4 is 17.1 Å². The lowest BCUT2D eigenvalue weighted by molar-refractivity contribution is 0.230. The Labute approximate surface area is 169 Å². The van der Waals surface area contributed by atoms with Gasteiger partial charge < -0.3 is 20.5 Å². The number of carbonyl (C=O) groups is 1. The van der Waals surface area contributed by atoms with E-state index in [1.165, 1.54) is 12.1 Å². The van der Waals surface area contributed by atoms with Crippen molar-refractivity contribution in [2.45, 2.75) is 38.4 Å². The molecule has 6 nitrogen and oxygen atoms in total. The topological polar surface area (TPSA) is 71.0 Å². The van der Waals surface area contributed by atoms with Crippen LogP contribution in [0.2, 0.25) is 0 Å². The molecule has 3 aromatic rings. The van der Waals surface area contributed by atoms with Crippen LogP contribution in [0.3, 0.4) is 0 Å². The molecule has 0 bridgehead atoms. The maximum absolute atomic E-state index is 13.3. The highest BCUT2D eigenvalue weighted by Gasteiger charge is 2.27. The van der Waals surface area contributed by atoms with E-state index in [0.29, 0.717) is 13.1 Å². The van der Waals surface area contributed by atoms with Crippen molar-refractivity contribution in [1.29, 1.82) is 0 Å². The van der Waals surface area contributed by atoms with Gasteiger partial charge in [0, 0.05) is 25.0 Å². The summed E-state index contributed by atoms with van der Waals surface area (Å²) in [5.74, 6) is 0.743. The molecule has 4 rings (SSSR count). The summed E-state index contributed by atoms with van der Waals surface area (Å²) in [6, 6.07) is 14.3. The van der Waals surface area contributed by atoms with Gasteiger partial charge in [0.05, 0.1) is 17.6 Å². The molecule has 152 valence electrons. The summed E-state index contributed by atoms with van der Waals surface area (Å²) in [7, 11) is 0. The van der Waals surface area contributed by atoms with E-state index in [2.05, 4.69) is 32.4 Å². The van der Waals surface area contributed by atoms with Crippen molar-refractivity contribution < 1.29 is 9.18 Å². The lowest BCUT2D eigenvalue weighted by Crippen LogP contribution is -2.52. The molecule has 3 N–H and O–H groups in total. The number of urea groups is 1. The molecule has 1 aliphatic heterocycles. The minimum Gasteiger partial charge on any atom is -0.334 e. The Balaban J connectivity index is 1.41. The fraction of sp³-hybridized carbons (Fsp3) is 0.364. The van der Waals surface area contributed by atoms with Crippen LogP contribution in [0.5, 0.6) is 0 Å². The summed E-state index contributed by atoms with van der Waals surface area (Å²) in [4.78, 5) is 17.2. The summed E-state index contributed by atoms with van der Waals surface area (Å²) < 4.78 is 15.4. The van der Waals surface area contributed by atoms with Gasteiger partial charge in [-0.2, -0.15) is 0 Å². The van der Waals surface area contributed by atoms with Gasteiger partial charge in [-0.05, 0) is 49.7 Å². The van der Waals surface area contributed by atoms with Crippen LogP contribution in [-0.2, 0) is 13.1 Å². The SMILES string of the molecule is CCn1c(CNC(=O)N[C@@H]2CNCC[C@@H]2c2ccc(F)cc2)nc2ccccc21. The third kappa shape index (κ3) is 4.24. The Morgan fingerprint density at radius 2 is 2.03 bits per heavy atom. The maximum Gasteiger partial charge on any atom is 0.315 e. The van der Waals surface area contributed by atoms with Crippen LogP contribution in [0.15, 0.2) is 48.5 Å². The number of hydrogen-bond acceptors (Lipinski definition) is 3. The third-order valence-corrected chi connectivity index (χ3v) is 5.55. The number of imidazole rings is 1. The molecule has 29 heavy (non-hydrogen) atoms. The second-order valence-corrected chi connectivity index (χ2v) is 7.35. The number of fused-ring (bicyclic) bond motifs is 1. The quantitative estimate of drug-likeness (QED) is 0.622. The molecule has 2 aromatic carbocycles. The Hall–Kier alpha value is -2.93. The van der Waals surface area contributed by atoms with Crippen LogP contribution >= 0.6 is 0 Å². The number of halogens is 1. The van der Waals surface area contributed by atoms with Gasteiger partial charge in [-0.1, -0.05) is 24.3 Å². The number of hydrogen-bond donors (Lipinski definition) is 3. The number of aryl methyl sites for hydroxylation is 1. The second-order valence-electron chi connectivity index (χ2n) is 7.35. The van der Waals surface area contributed by atoms with Gasteiger partial charge in [0.25, 0.3) is 0 Å². The molecule has 2 amide bonds. The Kier molecular flexibility index (Phi) is 5.76. The molecule has 7 heteroatoms. The van der Waals surface area contributed by atoms with Crippen LogP contribution in [0, 0.1) is 5.82 Å². The van der Waals surface area contributed by atoms with E-state index in [0.717, 1.165) is 41.9 Å². The van der Waals surface area contributed by atoms with Gasteiger partial charge in [-0.15, -0.1) is 0 Å². The van der Waals surface area contributed by atoms with Gasteiger partial charge in [-0.25, -0.2) is 14.2 Å². The number of aromatic nitrogens is 2. The zero-order valence-electron chi connectivity index (χ0n) is 16.5. The summed E-state index contributed by atoms with van der Waals surface area (Å²) in [6.07, 6.45) is 0.891. The largest absolute Gasteiger partial charge is 0.334 e. The van der Waals surface area contributed by atoms with Crippen molar-refractivity contribution in [2.24, 2.45) is 0 Å². The second kappa shape index (κ2) is 8.61. The Morgan fingerprint density at radius 1 is 1.24 bits per heavy atom. The predicted octanol–water partition coefficient (Wildman–Crippen LogP) is 3.14. The van der Waals surface area contributed by atoms with Crippen LogP contribution in [0.25, 0.3) is 11.0 Å². The van der Waals surface area contributed by atoms with Crippen LogP contribution < -0.4 is 16.0 Å². The number of piperidine rings is 1. The standard InChI is InChI=1S/C22H26FN5O/c1-2-28-20-6-4-3-5-18(20)26-21(28)14-25-22(29)27-19-13-24-12-11-17(19)15-7-9-16(23)10-8-15/h3-10,17,19,24H,2,11-14H2,1H3,(H2,25,27,29)/t17-,19-/m1/s1. The molecular formula is C22H26FN5O. The van der Waals surface area contributed by atoms with Gasteiger partial charge >= 0.3 is 6.03 Å². The lowest BCUT2D eigenvalue weighted by Gasteiger charge is -2.33. The highest BCUT2D eigenvalue weighted by Crippen LogP contribution is 2.26. The molecule has 1 saturated heterocycles. The Morgan fingerprint density at radius 3 is 2.83 bits per heavy atom. The number of nitrogens with one attached hydrogen (secondary N) is 3. The average Bonchev–Trinajstić information content (AvgIpc) is 3.11. The van der Waals surface area contributed by atoms with Crippen LogP contribution in [0.1, 0.15) is 30.7 Å². The number of amides is 2.